The van der Waals surface area contributed by atoms with Gasteiger partial charge in [-0.3, -0.25) is 0 Å². The summed E-state index contributed by atoms with van der Waals surface area (Å²) in [4.78, 5) is 0. The largest absolute Gasteiger partial charge is 0.507 e. The molecule has 0 saturated heterocycles. The van der Waals surface area contributed by atoms with E-state index in [-0.39, 0.29) is 5.75 Å². The molecular formula is C52H49N2O+. The van der Waals surface area contributed by atoms with E-state index < -0.39 is 0 Å². The molecule has 0 radical (unpaired) electrons. The Morgan fingerprint density at radius 3 is 1.69 bits per heavy atom. The Balaban J connectivity index is 1.39. The first-order valence-electron chi connectivity index (χ1n) is 19.5. The van der Waals surface area contributed by atoms with Crippen LogP contribution in [0.25, 0.3) is 72.6 Å². The van der Waals surface area contributed by atoms with E-state index in [0.717, 1.165) is 50.3 Å². The first kappa shape index (κ1) is 35.8. The van der Waals surface area contributed by atoms with Crippen molar-refractivity contribution in [2.24, 2.45) is 7.05 Å². The first-order chi connectivity index (χ1) is 26.6. The van der Waals surface area contributed by atoms with E-state index in [9.17, 15) is 5.11 Å². The number of hydrogen-bond acceptors (Lipinski definition) is 1. The number of aromatic nitrogens is 2. The van der Waals surface area contributed by atoms with Gasteiger partial charge in [0.2, 0.25) is 0 Å². The highest BCUT2D eigenvalue weighted by Gasteiger charge is 2.33. The second kappa shape index (κ2) is 14.6. The normalized spacial score (nSPS) is 11.6. The predicted octanol–water partition coefficient (Wildman–Crippen LogP) is 13.4. The molecule has 0 aliphatic rings. The second-order valence-corrected chi connectivity index (χ2v) is 15.5. The summed E-state index contributed by atoms with van der Waals surface area (Å²) in [6.07, 6.45) is 0. The maximum atomic E-state index is 12.1. The number of para-hydroxylation sites is 2. The third-order valence-corrected chi connectivity index (χ3v) is 11.3. The molecule has 0 spiro atoms. The number of aromatic hydroxyl groups is 1. The minimum atomic E-state index is 0.287. The Morgan fingerprint density at radius 1 is 0.509 bits per heavy atom. The summed E-state index contributed by atoms with van der Waals surface area (Å²) in [7, 11) is 2.20. The molecule has 0 saturated carbocycles. The molecule has 272 valence electrons. The number of fused-ring (bicyclic) bond motifs is 1. The monoisotopic (exact) mass is 717 g/mol. The summed E-state index contributed by atoms with van der Waals surface area (Å²) < 4.78 is 4.91. The summed E-state index contributed by atoms with van der Waals surface area (Å²) in [6.45, 7) is 13.6. The molecule has 0 aliphatic carbocycles. The topological polar surface area (TPSA) is 29.0 Å². The van der Waals surface area contributed by atoms with Crippen LogP contribution in [0.1, 0.15) is 61.8 Å². The zero-order valence-corrected chi connectivity index (χ0v) is 32.9. The van der Waals surface area contributed by atoms with E-state index in [1.54, 1.807) is 0 Å². The van der Waals surface area contributed by atoms with Gasteiger partial charge in [-0.2, -0.15) is 4.57 Å². The van der Waals surface area contributed by atoms with E-state index in [1.165, 1.54) is 44.6 Å². The number of aryl methyl sites for hydroxylation is 2. The van der Waals surface area contributed by atoms with Crippen LogP contribution in [-0.2, 0) is 7.05 Å². The standard InChI is InChI=1S/C52H48N2O/c1-33(2)42-23-15-24-43(34(3)4)50(42)54-48-32-40(38-19-12-9-13-20-38)28-30-47(48)53(7)52(54)49-35(5)27-29-44(36(49)6)46-26-16-25-45(51(46)55)41-22-14-21-39(31-41)37-17-10-8-11-18-37/h8-34H,1-7H3/p+1. The highest BCUT2D eigenvalue weighted by molar-refractivity contribution is 5.90. The Hall–Kier alpha value is -6.19. The lowest BCUT2D eigenvalue weighted by molar-refractivity contribution is -0.633. The lowest BCUT2D eigenvalue weighted by Gasteiger charge is -2.20. The van der Waals surface area contributed by atoms with Gasteiger partial charge in [0.05, 0.1) is 12.6 Å². The van der Waals surface area contributed by atoms with Crippen LogP contribution in [0.2, 0.25) is 0 Å². The summed E-state index contributed by atoms with van der Waals surface area (Å²) in [6, 6.07) is 53.7. The third-order valence-electron chi connectivity index (χ3n) is 11.3. The summed E-state index contributed by atoms with van der Waals surface area (Å²) in [5.41, 5.74) is 18.0. The number of imidazole rings is 1. The summed E-state index contributed by atoms with van der Waals surface area (Å²) in [5, 5.41) is 12.1. The predicted molar refractivity (Wildman–Crippen MR) is 231 cm³/mol. The zero-order chi connectivity index (χ0) is 38.4. The van der Waals surface area contributed by atoms with Gasteiger partial charge in [-0.1, -0.05) is 155 Å². The van der Waals surface area contributed by atoms with Gasteiger partial charge >= 0.3 is 0 Å². The molecular weight excluding hydrogens is 669 g/mol. The van der Waals surface area contributed by atoms with Crippen LogP contribution in [-0.4, -0.2) is 9.67 Å². The van der Waals surface area contributed by atoms with Gasteiger partial charge < -0.3 is 5.11 Å². The summed E-state index contributed by atoms with van der Waals surface area (Å²) >= 11 is 0. The fourth-order valence-corrected chi connectivity index (χ4v) is 8.42. The number of nitrogens with zero attached hydrogens (tertiary/aromatic N) is 2. The van der Waals surface area contributed by atoms with E-state index in [0.29, 0.717) is 11.8 Å². The maximum Gasteiger partial charge on any atom is 0.295 e. The average molecular weight is 718 g/mol. The number of phenolic OH excluding ortho intramolecular Hbond substituents is 1. The van der Waals surface area contributed by atoms with E-state index >= 15 is 0 Å². The zero-order valence-electron chi connectivity index (χ0n) is 32.9. The van der Waals surface area contributed by atoms with Crippen LogP contribution in [0, 0.1) is 13.8 Å². The SMILES string of the molecule is Cc1ccc(-c2cccc(-c3cccc(-c4ccccc4)c3)c2O)c(C)c1-c1n(-c2c(C(C)C)cccc2C(C)C)c2cc(-c3ccccc3)ccc2[n+]1C. The van der Waals surface area contributed by atoms with Crippen molar-refractivity contribution in [1.82, 2.24) is 4.57 Å². The quantitative estimate of drug-likeness (QED) is 0.156. The number of benzene rings is 7. The van der Waals surface area contributed by atoms with Crippen molar-refractivity contribution in [3.8, 4) is 67.3 Å². The van der Waals surface area contributed by atoms with Crippen molar-refractivity contribution < 1.29 is 9.67 Å². The minimum absolute atomic E-state index is 0.287. The Labute approximate surface area is 325 Å². The fraction of sp³-hybridized carbons (Fsp3) is 0.173. The Bertz CT molecular complexity index is 2660. The van der Waals surface area contributed by atoms with Crippen LogP contribution in [0.15, 0.2) is 152 Å². The van der Waals surface area contributed by atoms with Gasteiger partial charge in [-0.15, -0.1) is 0 Å². The van der Waals surface area contributed by atoms with E-state index in [2.05, 4.69) is 191 Å². The van der Waals surface area contributed by atoms with E-state index in [4.69, 9.17) is 0 Å². The van der Waals surface area contributed by atoms with Crippen molar-refractivity contribution in [3.63, 3.8) is 0 Å². The lowest BCUT2D eigenvalue weighted by Crippen LogP contribution is -2.31. The van der Waals surface area contributed by atoms with Gasteiger partial charge in [0, 0.05) is 22.3 Å². The van der Waals surface area contributed by atoms with E-state index in [1.807, 2.05) is 18.2 Å². The molecule has 0 aliphatic heterocycles. The van der Waals surface area contributed by atoms with Gasteiger partial charge in [0.25, 0.3) is 5.82 Å². The molecule has 1 aromatic heterocycles. The van der Waals surface area contributed by atoms with Gasteiger partial charge in [0.15, 0.2) is 11.0 Å². The molecule has 8 rings (SSSR count). The molecule has 0 amide bonds. The molecule has 8 aromatic rings. The Kier molecular flexibility index (Phi) is 9.49. The van der Waals surface area contributed by atoms with Crippen molar-refractivity contribution in [3.05, 3.63) is 174 Å². The molecule has 0 atom stereocenters. The van der Waals surface area contributed by atoms with Crippen LogP contribution < -0.4 is 4.57 Å². The highest BCUT2D eigenvalue weighted by atomic mass is 16.3. The van der Waals surface area contributed by atoms with Gasteiger partial charge in [0.1, 0.15) is 11.4 Å². The van der Waals surface area contributed by atoms with Crippen LogP contribution >= 0.6 is 0 Å². The molecule has 1 heterocycles. The van der Waals surface area contributed by atoms with Crippen molar-refractivity contribution in [1.29, 1.82) is 0 Å². The van der Waals surface area contributed by atoms with Gasteiger partial charge in [-0.05, 0) is 94.5 Å². The molecule has 0 unspecified atom stereocenters. The lowest BCUT2D eigenvalue weighted by atomic mass is 9.89. The van der Waals surface area contributed by atoms with Crippen LogP contribution in [0.4, 0.5) is 0 Å². The minimum Gasteiger partial charge on any atom is -0.507 e. The molecule has 3 heteroatoms. The molecule has 3 nitrogen and oxygen atoms in total. The summed E-state index contributed by atoms with van der Waals surface area (Å²) in [5.74, 6) is 2.04. The third kappa shape index (κ3) is 6.34. The molecule has 55 heavy (non-hydrogen) atoms. The highest BCUT2D eigenvalue weighted by Crippen LogP contribution is 2.44. The molecule has 0 fully saturated rings. The van der Waals surface area contributed by atoms with Crippen molar-refractivity contribution in [2.45, 2.75) is 53.4 Å². The number of hydrogen-bond donors (Lipinski definition) is 1. The molecule has 0 bridgehead atoms. The van der Waals surface area contributed by atoms with Crippen molar-refractivity contribution in [2.75, 3.05) is 0 Å². The average Bonchev–Trinajstić information content (AvgIpc) is 3.49. The maximum absolute atomic E-state index is 12.1. The van der Waals surface area contributed by atoms with Gasteiger partial charge in [-0.25, -0.2) is 4.57 Å². The molecule has 7 aromatic carbocycles. The smallest absolute Gasteiger partial charge is 0.295 e. The fourth-order valence-electron chi connectivity index (χ4n) is 8.42. The van der Waals surface area contributed by atoms with Crippen LogP contribution in [0.5, 0.6) is 5.75 Å². The van der Waals surface area contributed by atoms with Crippen molar-refractivity contribution >= 4 is 11.0 Å². The second-order valence-electron chi connectivity index (χ2n) is 15.5. The Morgan fingerprint density at radius 2 is 1.05 bits per heavy atom. The van der Waals surface area contributed by atoms with Crippen LogP contribution in [0.3, 0.4) is 0 Å². The number of phenols is 1. The molecule has 1 N–H and O–H groups in total. The number of rotatable bonds is 8. The first-order valence-corrected chi connectivity index (χ1v) is 19.5.